The van der Waals surface area contributed by atoms with E-state index in [9.17, 15) is 18.0 Å². The average Bonchev–Trinajstić information content (AvgIpc) is 2.80. The van der Waals surface area contributed by atoms with Crippen molar-refractivity contribution in [2.75, 3.05) is 12.4 Å². The van der Waals surface area contributed by atoms with Crippen LogP contribution < -0.4 is 5.32 Å². The number of benzene rings is 2. The number of hydrogen-bond acceptors (Lipinski definition) is 2. The molecule has 0 bridgehead atoms. The van der Waals surface area contributed by atoms with E-state index in [1.165, 1.54) is 69.9 Å². The summed E-state index contributed by atoms with van der Waals surface area (Å²) in [5.41, 5.74) is 2.35. The lowest BCUT2D eigenvalue weighted by molar-refractivity contribution is -0.138. The summed E-state index contributed by atoms with van der Waals surface area (Å²) in [6.07, 6.45) is 7.68. The molecule has 3 rings (SSSR count). The second-order valence-corrected chi connectivity index (χ2v) is 8.78. The number of hydrogen-bond donors (Lipinski definition) is 1. The molecule has 0 heterocycles. The third-order valence-corrected chi connectivity index (χ3v) is 6.44. The highest BCUT2D eigenvalue weighted by molar-refractivity contribution is 5.74. The first kappa shape index (κ1) is 26.0. The topological polar surface area (TPSA) is 29.1 Å². The molecular weight excluding hydrogens is 411 g/mol. The van der Waals surface area contributed by atoms with Crippen LogP contribution in [-0.2, 0) is 6.18 Å². The molecule has 5 heteroatoms. The fourth-order valence-electron chi connectivity index (χ4n) is 4.40. The summed E-state index contributed by atoms with van der Waals surface area (Å²) in [7, 11) is 1.59. The Bertz CT molecular complexity index is 822. The summed E-state index contributed by atoms with van der Waals surface area (Å²) in [5, 5.41) is 2.67. The molecule has 0 atom stereocenters. The smallest absolute Gasteiger partial charge is 0.388 e. The minimum atomic E-state index is -4.27. The van der Waals surface area contributed by atoms with Crippen molar-refractivity contribution in [2.45, 2.75) is 77.3 Å². The molecule has 0 spiro atoms. The molecular formula is C27H36F3NO. The van der Waals surface area contributed by atoms with Gasteiger partial charge in [0.15, 0.2) is 0 Å². The second kappa shape index (κ2) is 12.7. The van der Waals surface area contributed by atoms with Crippen LogP contribution in [-0.4, -0.2) is 13.3 Å². The van der Waals surface area contributed by atoms with Gasteiger partial charge in [0.05, 0.1) is 5.56 Å². The summed E-state index contributed by atoms with van der Waals surface area (Å²) < 4.78 is 37.0. The summed E-state index contributed by atoms with van der Waals surface area (Å²) in [5.74, 6) is 1.69. The van der Waals surface area contributed by atoms with Crippen LogP contribution in [0, 0.1) is 12.8 Å². The van der Waals surface area contributed by atoms with E-state index < -0.39 is 11.7 Å². The predicted molar refractivity (Wildman–Crippen MR) is 126 cm³/mol. The molecule has 0 aromatic heterocycles. The molecule has 1 aliphatic carbocycles. The molecule has 32 heavy (non-hydrogen) atoms. The summed E-state index contributed by atoms with van der Waals surface area (Å²) in [6.45, 7) is 3.72. The van der Waals surface area contributed by atoms with E-state index in [-0.39, 0.29) is 5.56 Å². The Labute approximate surface area is 190 Å². The van der Waals surface area contributed by atoms with Crippen LogP contribution in [0.15, 0.2) is 42.5 Å². The molecule has 0 unspecified atom stereocenters. The predicted octanol–water partition coefficient (Wildman–Crippen LogP) is 8.41. The third-order valence-electron chi connectivity index (χ3n) is 6.44. The molecule has 2 aromatic rings. The van der Waals surface area contributed by atoms with Crippen molar-refractivity contribution in [3.63, 3.8) is 0 Å². The van der Waals surface area contributed by atoms with Crippen LogP contribution >= 0.6 is 0 Å². The number of carbonyl (C=O) groups is 1. The SMILES string of the molecule is CCCCCC1CCC(c2ccc(C=O)cc2)CC1.CNc1ccc(C)c(C(F)(F)F)c1. The lowest BCUT2D eigenvalue weighted by Gasteiger charge is -2.29. The Morgan fingerprint density at radius 3 is 2.19 bits per heavy atom. The molecule has 0 amide bonds. The monoisotopic (exact) mass is 447 g/mol. The van der Waals surface area contributed by atoms with Gasteiger partial charge in [-0.1, -0.05) is 62.9 Å². The average molecular weight is 448 g/mol. The van der Waals surface area contributed by atoms with E-state index in [2.05, 4.69) is 24.4 Å². The molecule has 2 nitrogen and oxygen atoms in total. The highest BCUT2D eigenvalue weighted by Gasteiger charge is 2.32. The Balaban J connectivity index is 0.000000244. The number of alkyl halides is 3. The zero-order chi connectivity index (χ0) is 23.6. The lowest BCUT2D eigenvalue weighted by Crippen LogP contribution is -2.13. The number of anilines is 1. The number of rotatable bonds is 7. The van der Waals surface area contributed by atoms with Crippen LogP contribution in [0.4, 0.5) is 18.9 Å². The van der Waals surface area contributed by atoms with E-state index >= 15 is 0 Å². The number of nitrogens with one attached hydrogen (secondary N) is 1. The van der Waals surface area contributed by atoms with Gasteiger partial charge < -0.3 is 5.32 Å². The largest absolute Gasteiger partial charge is 0.416 e. The maximum atomic E-state index is 12.3. The van der Waals surface area contributed by atoms with Crippen molar-refractivity contribution < 1.29 is 18.0 Å². The number of aldehydes is 1. The Kier molecular flexibility index (Phi) is 10.3. The van der Waals surface area contributed by atoms with Crippen LogP contribution in [0.25, 0.3) is 0 Å². The first-order valence-electron chi connectivity index (χ1n) is 11.7. The van der Waals surface area contributed by atoms with Gasteiger partial charge in [-0.3, -0.25) is 4.79 Å². The normalized spacial score (nSPS) is 18.4. The van der Waals surface area contributed by atoms with Gasteiger partial charge in [0.25, 0.3) is 0 Å². The Hall–Kier alpha value is -2.30. The molecule has 1 saturated carbocycles. The minimum Gasteiger partial charge on any atom is -0.388 e. The van der Waals surface area contributed by atoms with Crippen LogP contribution in [0.3, 0.4) is 0 Å². The fraction of sp³-hybridized carbons (Fsp3) is 0.519. The zero-order valence-electron chi connectivity index (χ0n) is 19.5. The van der Waals surface area contributed by atoms with Crippen molar-refractivity contribution in [2.24, 2.45) is 5.92 Å². The van der Waals surface area contributed by atoms with Gasteiger partial charge in [-0.25, -0.2) is 0 Å². The molecule has 176 valence electrons. The van der Waals surface area contributed by atoms with E-state index in [1.807, 2.05) is 12.1 Å². The zero-order valence-corrected chi connectivity index (χ0v) is 19.5. The molecule has 0 aliphatic heterocycles. The van der Waals surface area contributed by atoms with E-state index in [4.69, 9.17) is 0 Å². The van der Waals surface area contributed by atoms with E-state index in [0.717, 1.165) is 29.8 Å². The first-order chi connectivity index (χ1) is 15.3. The van der Waals surface area contributed by atoms with Gasteiger partial charge in [-0.15, -0.1) is 0 Å². The van der Waals surface area contributed by atoms with Crippen LogP contribution in [0.2, 0.25) is 0 Å². The third kappa shape index (κ3) is 7.99. The number of aryl methyl sites for hydroxylation is 1. The fourth-order valence-corrected chi connectivity index (χ4v) is 4.40. The van der Waals surface area contributed by atoms with Crippen molar-refractivity contribution in [1.82, 2.24) is 0 Å². The molecule has 1 aliphatic rings. The van der Waals surface area contributed by atoms with Crippen molar-refractivity contribution in [3.8, 4) is 0 Å². The summed E-state index contributed by atoms with van der Waals surface area (Å²) in [4.78, 5) is 10.7. The quantitative estimate of drug-likeness (QED) is 0.341. The Morgan fingerprint density at radius 2 is 1.66 bits per heavy atom. The number of carbonyl (C=O) groups excluding carboxylic acids is 1. The van der Waals surface area contributed by atoms with Gasteiger partial charge in [0.2, 0.25) is 0 Å². The maximum absolute atomic E-state index is 12.3. The van der Waals surface area contributed by atoms with Gasteiger partial charge in [-0.05, 0) is 67.7 Å². The minimum absolute atomic E-state index is 0.242. The number of unbranched alkanes of at least 4 members (excludes halogenated alkanes) is 2. The highest BCUT2D eigenvalue weighted by Crippen LogP contribution is 2.37. The van der Waals surface area contributed by atoms with Gasteiger partial charge in [0.1, 0.15) is 6.29 Å². The molecule has 1 N–H and O–H groups in total. The summed E-state index contributed by atoms with van der Waals surface area (Å²) >= 11 is 0. The van der Waals surface area contributed by atoms with Crippen molar-refractivity contribution in [3.05, 3.63) is 64.7 Å². The first-order valence-corrected chi connectivity index (χ1v) is 11.7. The highest BCUT2D eigenvalue weighted by atomic mass is 19.4. The van der Waals surface area contributed by atoms with Gasteiger partial charge in [-0.2, -0.15) is 13.2 Å². The van der Waals surface area contributed by atoms with Gasteiger partial charge >= 0.3 is 6.18 Å². The van der Waals surface area contributed by atoms with Gasteiger partial charge in [0, 0.05) is 18.3 Å². The molecule has 2 aromatic carbocycles. The van der Waals surface area contributed by atoms with Crippen LogP contribution in [0.1, 0.15) is 91.3 Å². The second-order valence-electron chi connectivity index (χ2n) is 8.78. The van der Waals surface area contributed by atoms with E-state index in [1.54, 1.807) is 13.1 Å². The molecule has 0 radical (unpaired) electrons. The van der Waals surface area contributed by atoms with Crippen LogP contribution in [0.5, 0.6) is 0 Å². The Morgan fingerprint density at radius 1 is 1.00 bits per heavy atom. The maximum Gasteiger partial charge on any atom is 0.416 e. The molecule has 0 saturated heterocycles. The lowest BCUT2D eigenvalue weighted by atomic mass is 9.77. The van der Waals surface area contributed by atoms with E-state index in [0.29, 0.717) is 5.69 Å². The standard InChI is InChI=1S/C18H26O.C9H10F3N/c1-2-3-4-5-15-6-10-17(11-7-15)18-12-8-16(14-19)9-13-18;1-6-3-4-7(13-2)5-8(6)9(10,11)12/h8-9,12-15,17H,2-7,10-11H2,1H3;3-5,13H,1-2H3. The van der Waals surface area contributed by atoms with Crippen molar-refractivity contribution in [1.29, 1.82) is 0 Å². The molecule has 1 fully saturated rings. The van der Waals surface area contributed by atoms with Crippen molar-refractivity contribution >= 4 is 12.0 Å². The summed E-state index contributed by atoms with van der Waals surface area (Å²) in [6, 6.07) is 12.4. The number of halogens is 3.